The highest BCUT2D eigenvalue weighted by molar-refractivity contribution is 4.72. The smallest absolute Gasteiger partial charge is 0.0589 e. The molecule has 0 rings (SSSR count). The van der Waals surface area contributed by atoms with Crippen molar-refractivity contribution in [2.24, 2.45) is 0 Å². The molecule has 0 spiro atoms. The Balaban J connectivity index is 3.84. The average molecular weight is 230 g/mol. The Bertz CT molecular complexity index is 153. The molecule has 1 N–H and O–H groups in total. The number of hydrogen-bond acceptors (Lipinski definition) is 3. The maximum atomic E-state index is 5.14. The fraction of sp³-hybridized carbons (Fsp3) is 1.00. The second-order valence-electron chi connectivity index (χ2n) is 4.56. The lowest BCUT2D eigenvalue weighted by molar-refractivity contribution is 0.122. The van der Waals surface area contributed by atoms with E-state index in [-0.39, 0.29) is 0 Å². The van der Waals surface area contributed by atoms with E-state index in [4.69, 9.17) is 4.74 Å². The predicted octanol–water partition coefficient (Wildman–Crippen LogP) is 2.12. The van der Waals surface area contributed by atoms with E-state index in [1.54, 1.807) is 7.11 Å². The quantitative estimate of drug-likeness (QED) is 0.622. The topological polar surface area (TPSA) is 24.5 Å². The van der Waals surface area contributed by atoms with Gasteiger partial charge in [-0.15, -0.1) is 0 Å². The first-order valence-electron chi connectivity index (χ1n) is 6.62. The fourth-order valence-electron chi connectivity index (χ4n) is 2.03. The molecule has 0 bridgehead atoms. The molecule has 0 radical (unpaired) electrons. The van der Waals surface area contributed by atoms with Crippen LogP contribution in [0.15, 0.2) is 0 Å². The largest absolute Gasteiger partial charge is 0.383 e. The third kappa shape index (κ3) is 7.20. The van der Waals surface area contributed by atoms with Crippen LogP contribution in [0.1, 0.15) is 40.5 Å². The number of nitrogens with zero attached hydrogens (tertiary/aromatic N) is 1. The first kappa shape index (κ1) is 15.9. The summed E-state index contributed by atoms with van der Waals surface area (Å²) >= 11 is 0. The molecule has 0 aliphatic carbocycles. The lowest BCUT2D eigenvalue weighted by Gasteiger charge is -2.29. The molecular weight excluding hydrogens is 200 g/mol. The highest BCUT2D eigenvalue weighted by atomic mass is 16.5. The maximum Gasteiger partial charge on any atom is 0.0589 e. The lowest BCUT2D eigenvalue weighted by atomic mass is 10.1. The van der Waals surface area contributed by atoms with Crippen molar-refractivity contribution in [2.75, 3.05) is 33.4 Å². The Morgan fingerprint density at radius 1 is 1.25 bits per heavy atom. The highest BCUT2D eigenvalue weighted by Gasteiger charge is 2.14. The molecule has 0 saturated heterocycles. The number of ether oxygens (including phenoxy) is 1. The fourth-order valence-corrected chi connectivity index (χ4v) is 2.03. The van der Waals surface area contributed by atoms with Crippen molar-refractivity contribution >= 4 is 0 Å². The van der Waals surface area contributed by atoms with Crippen LogP contribution in [0, 0.1) is 0 Å². The van der Waals surface area contributed by atoms with Crippen molar-refractivity contribution in [1.29, 1.82) is 0 Å². The molecule has 3 nitrogen and oxygen atoms in total. The third-order valence-corrected chi connectivity index (χ3v) is 3.05. The normalized spacial score (nSPS) is 15.4. The number of likely N-dealkylation sites (N-methyl/N-ethyl adjacent to an activating group) is 1. The second kappa shape index (κ2) is 10.1. The van der Waals surface area contributed by atoms with E-state index >= 15 is 0 Å². The van der Waals surface area contributed by atoms with Crippen LogP contribution in [0.4, 0.5) is 0 Å². The van der Waals surface area contributed by atoms with Crippen LogP contribution in [0.5, 0.6) is 0 Å². The van der Waals surface area contributed by atoms with Crippen LogP contribution < -0.4 is 5.32 Å². The molecule has 0 aromatic heterocycles. The Morgan fingerprint density at radius 2 is 1.94 bits per heavy atom. The van der Waals surface area contributed by atoms with Crippen molar-refractivity contribution < 1.29 is 4.74 Å². The summed E-state index contributed by atoms with van der Waals surface area (Å²) in [5.41, 5.74) is 0. The molecule has 0 aromatic carbocycles. The van der Waals surface area contributed by atoms with Gasteiger partial charge >= 0.3 is 0 Å². The number of rotatable bonds is 10. The van der Waals surface area contributed by atoms with Gasteiger partial charge in [0.25, 0.3) is 0 Å². The Labute approximate surface area is 102 Å². The van der Waals surface area contributed by atoms with E-state index in [9.17, 15) is 0 Å². The summed E-state index contributed by atoms with van der Waals surface area (Å²) < 4.78 is 5.14. The van der Waals surface area contributed by atoms with Crippen LogP contribution in [-0.2, 0) is 4.74 Å². The highest BCUT2D eigenvalue weighted by Crippen LogP contribution is 2.06. The standard InChI is InChI=1S/C13H30N2O/c1-6-8-14-12(3)11-13(4)15(7-2)9-10-16-5/h12-14H,6-11H2,1-5H3. The average Bonchev–Trinajstić information content (AvgIpc) is 2.27. The molecule has 0 fully saturated rings. The first-order valence-corrected chi connectivity index (χ1v) is 6.62. The van der Waals surface area contributed by atoms with Crippen molar-refractivity contribution in [1.82, 2.24) is 10.2 Å². The summed E-state index contributed by atoms with van der Waals surface area (Å²) in [6.45, 7) is 13.1. The molecule has 2 atom stereocenters. The van der Waals surface area contributed by atoms with Gasteiger partial charge in [-0.25, -0.2) is 0 Å². The van der Waals surface area contributed by atoms with E-state index in [1.165, 1.54) is 12.8 Å². The van der Waals surface area contributed by atoms with Gasteiger partial charge in [-0.05, 0) is 39.8 Å². The van der Waals surface area contributed by atoms with E-state index in [1.807, 2.05) is 0 Å². The van der Waals surface area contributed by atoms with Crippen molar-refractivity contribution in [2.45, 2.75) is 52.6 Å². The van der Waals surface area contributed by atoms with Crippen molar-refractivity contribution in [3.8, 4) is 0 Å². The molecule has 0 aliphatic heterocycles. The zero-order valence-corrected chi connectivity index (χ0v) is 11.8. The van der Waals surface area contributed by atoms with Gasteiger partial charge < -0.3 is 10.1 Å². The Kier molecular flexibility index (Phi) is 9.99. The molecule has 0 amide bonds. The summed E-state index contributed by atoms with van der Waals surface area (Å²) in [4.78, 5) is 2.48. The van der Waals surface area contributed by atoms with Gasteiger partial charge in [0.1, 0.15) is 0 Å². The monoisotopic (exact) mass is 230 g/mol. The van der Waals surface area contributed by atoms with Gasteiger partial charge in [-0.3, -0.25) is 4.90 Å². The van der Waals surface area contributed by atoms with E-state index in [0.29, 0.717) is 12.1 Å². The van der Waals surface area contributed by atoms with Gasteiger partial charge in [0.2, 0.25) is 0 Å². The predicted molar refractivity (Wildman–Crippen MR) is 71.0 cm³/mol. The van der Waals surface area contributed by atoms with Crippen LogP contribution in [0.3, 0.4) is 0 Å². The second-order valence-corrected chi connectivity index (χ2v) is 4.56. The Morgan fingerprint density at radius 3 is 2.44 bits per heavy atom. The van der Waals surface area contributed by atoms with Crippen molar-refractivity contribution in [3.63, 3.8) is 0 Å². The van der Waals surface area contributed by atoms with E-state index in [0.717, 1.165) is 26.2 Å². The number of methoxy groups -OCH3 is 1. The van der Waals surface area contributed by atoms with Gasteiger partial charge in [0.05, 0.1) is 6.61 Å². The third-order valence-electron chi connectivity index (χ3n) is 3.05. The minimum absolute atomic E-state index is 0.603. The molecule has 0 aliphatic rings. The molecule has 0 saturated carbocycles. The summed E-state index contributed by atoms with van der Waals surface area (Å²) in [5, 5.41) is 3.54. The van der Waals surface area contributed by atoms with Gasteiger partial charge in [0, 0.05) is 25.7 Å². The molecule has 3 heteroatoms. The van der Waals surface area contributed by atoms with E-state index in [2.05, 4.69) is 37.9 Å². The van der Waals surface area contributed by atoms with Crippen LogP contribution >= 0.6 is 0 Å². The molecule has 16 heavy (non-hydrogen) atoms. The van der Waals surface area contributed by atoms with Crippen LogP contribution in [-0.4, -0.2) is 50.3 Å². The number of hydrogen-bond donors (Lipinski definition) is 1. The van der Waals surface area contributed by atoms with Gasteiger partial charge in [0.15, 0.2) is 0 Å². The first-order chi connectivity index (χ1) is 7.65. The Hall–Kier alpha value is -0.120. The maximum absolute atomic E-state index is 5.14. The zero-order valence-electron chi connectivity index (χ0n) is 11.8. The molecule has 2 unspecified atom stereocenters. The summed E-state index contributed by atoms with van der Waals surface area (Å²) in [6.07, 6.45) is 2.41. The molecule has 98 valence electrons. The number of nitrogens with one attached hydrogen (secondary N) is 1. The lowest BCUT2D eigenvalue weighted by Crippen LogP contribution is -2.40. The van der Waals surface area contributed by atoms with Gasteiger partial charge in [-0.1, -0.05) is 13.8 Å². The van der Waals surface area contributed by atoms with Crippen LogP contribution in [0.2, 0.25) is 0 Å². The summed E-state index contributed by atoms with van der Waals surface area (Å²) in [5.74, 6) is 0. The zero-order chi connectivity index (χ0) is 12.4. The minimum Gasteiger partial charge on any atom is -0.383 e. The SMILES string of the molecule is CCCNC(C)CC(C)N(CC)CCOC. The molecule has 0 heterocycles. The summed E-state index contributed by atoms with van der Waals surface area (Å²) in [7, 11) is 1.77. The summed E-state index contributed by atoms with van der Waals surface area (Å²) in [6, 6.07) is 1.23. The van der Waals surface area contributed by atoms with Gasteiger partial charge in [-0.2, -0.15) is 0 Å². The molecular formula is C13H30N2O. The molecule has 0 aromatic rings. The van der Waals surface area contributed by atoms with E-state index < -0.39 is 0 Å². The van der Waals surface area contributed by atoms with Crippen LogP contribution in [0.25, 0.3) is 0 Å². The van der Waals surface area contributed by atoms with Crippen molar-refractivity contribution in [3.05, 3.63) is 0 Å². The minimum atomic E-state index is 0.603.